The molecule has 0 spiro atoms. The minimum absolute atomic E-state index is 0.0215. The molecule has 1 amide bonds. The van der Waals surface area contributed by atoms with Crippen molar-refractivity contribution >= 4 is 5.91 Å². The number of ether oxygens (including phenoxy) is 1. The van der Waals surface area contributed by atoms with Gasteiger partial charge in [0.25, 0.3) is 5.91 Å². The van der Waals surface area contributed by atoms with Gasteiger partial charge in [0.1, 0.15) is 5.75 Å². The lowest BCUT2D eigenvalue weighted by atomic mass is 9.97. The van der Waals surface area contributed by atoms with Crippen molar-refractivity contribution in [2.75, 3.05) is 13.2 Å². The number of hydrogen-bond donors (Lipinski definition) is 2. The number of amides is 1. The summed E-state index contributed by atoms with van der Waals surface area (Å²) in [7, 11) is 0. The number of para-hydroxylation sites is 1. The summed E-state index contributed by atoms with van der Waals surface area (Å²) in [6, 6.07) is 9.21. The second-order valence-electron chi connectivity index (χ2n) is 5.00. The Bertz CT molecular complexity index is 403. The van der Waals surface area contributed by atoms with Gasteiger partial charge in [-0.3, -0.25) is 4.79 Å². The largest absolute Gasteiger partial charge is 0.484 e. The van der Waals surface area contributed by atoms with Crippen LogP contribution in [0.1, 0.15) is 19.8 Å². The van der Waals surface area contributed by atoms with Gasteiger partial charge < -0.3 is 15.2 Å². The number of aliphatic hydroxyl groups is 1. The molecule has 1 aliphatic carbocycles. The number of carbonyl (C=O) groups is 1. The summed E-state index contributed by atoms with van der Waals surface area (Å²) in [5.74, 6) is 0.871. The number of nitrogens with one attached hydrogen (secondary N) is 1. The molecule has 1 aromatic carbocycles. The Morgan fingerprint density at radius 3 is 2.67 bits per heavy atom. The smallest absolute Gasteiger partial charge is 0.258 e. The fourth-order valence-corrected chi connectivity index (χ4v) is 2.01. The maximum Gasteiger partial charge on any atom is 0.258 e. The van der Waals surface area contributed by atoms with E-state index < -0.39 is 5.54 Å². The van der Waals surface area contributed by atoms with E-state index >= 15 is 0 Å². The third-order valence-electron chi connectivity index (χ3n) is 3.34. The van der Waals surface area contributed by atoms with Crippen LogP contribution in [0.4, 0.5) is 0 Å². The van der Waals surface area contributed by atoms with Gasteiger partial charge in [0.05, 0.1) is 12.1 Å². The molecule has 0 aromatic heterocycles. The van der Waals surface area contributed by atoms with Crippen LogP contribution < -0.4 is 10.1 Å². The summed E-state index contributed by atoms with van der Waals surface area (Å²) in [5, 5.41) is 12.2. The van der Waals surface area contributed by atoms with Gasteiger partial charge in [0.15, 0.2) is 6.61 Å². The van der Waals surface area contributed by atoms with Crippen LogP contribution in [-0.4, -0.2) is 29.8 Å². The predicted octanol–water partition coefficient (Wildman–Crippen LogP) is 1.34. The van der Waals surface area contributed by atoms with E-state index in [2.05, 4.69) is 5.32 Å². The maximum absolute atomic E-state index is 11.8. The fourth-order valence-electron chi connectivity index (χ4n) is 2.01. The SMILES string of the molecule is CC(CO)(NC(=O)COc1ccccc1)C1CC1. The molecule has 0 heterocycles. The summed E-state index contributed by atoms with van der Waals surface area (Å²) in [4.78, 5) is 11.8. The van der Waals surface area contributed by atoms with Crippen molar-refractivity contribution in [1.29, 1.82) is 0 Å². The molecule has 0 radical (unpaired) electrons. The molecule has 1 unspecified atom stereocenters. The first-order valence-corrected chi connectivity index (χ1v) is 6.24. The molecule has 1 saturated carbocycles. The molecule has 0 bridgehead atoms. The molecular weight excluding hydrogens is 230 g/mol. The highest BCUT2D eigenvalue weighted by molar-refractivity contribution is 5.78. The fraction of sp³-hybridized carbons (Fsp3) is 0.500. The van der Waals surface area contributed by atoms with E-state index in [1.807, 2.05) is 25.1 Å². The van der Waals surface area contributed by atoms with Crippen molar-refractivity contribution in [3.05, 3.63) is 30.3 Å². The molecule has 0 saturated heterocycles. The quantitative estimate of drug-likeness (QED) is 0.800. The first-order chi connectivity index (χ1) is 8.64. The minimum Gasteiger partial charge on any atom is -0.484 e. The third kappa shape index (κ3) is 3.23. The number of benzene rings is 1. The minimum atomic E-state index is -0.503. The number of carbonyl (C=O) groups excluding carboxylic acids is 1. The number of aliphatic hydroxyl groups excluding tert-OH is 1. The first kappa shape index (κ1) is 12.9. The van der Waals surface area contributed by atoms with Crippen LogP contribution in [-0.2, 0) is 4.79 Å². The molecule has 1 aliphatic rings. The van der Waals surface area contributed by atoms with Crippen LogP contribution in [0.5, 0.6) is 5.75 Å². The molecule has 1 atom stereocenters. The Balaban J connectivity index is 1.81. The van der Waals surface area contributed by atoms with E-state index in [9.17, 15) is 9.90 Å². The molecule has 4 heteroatoms. The van der Waals surface area contributed by atoms with E-state index in [1.54, 1.807) is 12.1 Å². The van der Waals surface area contributed by atoms with Crippen molar-refractivity contribution in [2.24, 2.45) is 5.92 Å². The highest BCUT2D eigenvalue weighted by Crippen LogP contribution is 2.39. The molecule has 4 nitrogen and oxygen atoms in total. The zero-order valence-corrected chi connectivity index (χ0v) is 10.6. The highest BCUT2D eigenvalue weighted by Gasteiger charge is 2.42. The van der Waals surface area contributed by atoms with Gasteiger partial charge in [-0.25, -0.2) is 0 Å². The normalized spacial score (nSPS) is 17.9. The van der Waals surface area contributed by atoms with Gasteiger partial charge >= 0.3 is 0 Å². The Kier molecular flexibility index (Phi) is 3.87. The lowest BCUT2D eigenvalue weighted by molar-refractivity contribution is -0.125. The van der Waals surface area contributed by atoms with Gasteiger partial charge in [-0.05, 0) is 37.8 Å². The maximum atomic E-state index is 11.8. The van der Waals surface area contributed by atoms with Gasteiger partial charge in [-0.2, -0.15) is 0 Å². The molecule has 0 aliphatic heterocycles. The Morgan fingerprint density at radius 2 is 2.11 bits per heavy atom. The van der Waals surface area contributed by atoms with E-state index in [4.69, 9.17) is 4.74 Å². The van der Waals surface area contributed by atoms with Crippen molar-refractivity contribution in [3.8, 4) is 5.75 Å². The Morgan fingerprint density at radius 1 is 1.44 bits per heavy atom. The molecule has 2 rings (SSSR count). The third-order valence-corrected chi connectivity index (χ3v) is 3.34. The Labute approximate surface area is 107 Å². The Hall–Kier alpha value is -1.55. The van der Waals surface area contributed by atoms with Gasteiger partial charge in [0.2, 0.25) is 0 Å². The number of hydrogen-bond acceptors (Lipinski definition) is 3. The summed E-state index contributed by atoms with van der Waals surface area (Å²) in [5.41, 5.74) is -0.503. The van der Waals surface area contributed by atoms with Crippen molar-refractivity contribution in [1.82, 2.24) is 5.32 Å². The molecular formula is C14H19NO3. The summed E-state index contributed by atoms with van der Waals surface area (Å²) < 4.78 is 5.36. The second kappa shape index (κ2) is 5.40. The van der Waals surface area contributed by atoms with E-state index in [-0.39, 0.29) is 19.1 Å². The zero-order valence-electron chi connectivity index (χ0n) is 10.6. The van der Waals surface area contributed by atoms with Gasteiger partial charge in [0, 0.05) is 0 Å². The lowest BCUT2D eigenvalue weighted by Crippen LogP contribution is -2.52. The predicted molar refractivity (Wildman–Crippen MR) is 68.3 cm³/mol. The van der Waals surface area contributed by atoms with Gasteiger partial charge in [-0.1, -0.05) is 18.2 Å². The molecule has 18 heavy (non-hydrogen) atoms. The lowest BCUT2D eigenvalue weighted by Gasteiger charge is -2.28. The van der Waals surface area contributed by atoms with Crippen LogP contribution in [0.3, 0.4) is 0 Å². The first-order valence-electron chi connectivity index (χ1n) is 6.24. The monoisotopic (exact) mass is 249 g/mol. The molecule has 1 fully saturated rings. The standard InChI is InChI=1S/C14H19NO3/c1-14(10-16,11-7-8-11)15-13(17)9-18-12-5-3-2-4-6-12/h2-6,11,16H,7-10H2,1H3,(H,15,17). The molecule has 1 aromatic rings. The van der Waals surface area contributed by atoms with E-state index in [1.165, 1.54) is 0 Å². The topological polar surface area (TPSA) is 58.6 Å². The van der Waals surface area contributed by atoms with Crippen molar-refractivity contribution < 1.29 is 14.6 Å². The average Bonchev–Trinajstić information content (AvgIpc) is 3.22. The van der Waals surface area contributed by atoms with E-state index in [0.717, 1.165) is 12.8 Å². The van der Waals surface area contributed by atoms with Gasteiger partial charge in [-0.15, -0.1) is 0 Å². The average molecular weight is 249 g/mol. The second-order valence-corrected chi connectivity index (χ2v) is 5.00. The molecule has 2 N–H and O–H groups in total. The van der Waals surface area contributed by atoms with Crippen LogP contribution in [0.2, 0.25) is 0 Å². The van der Waals surface area contributed by atoms with Crippen molar-refractivity contribution in [3.63, 3.8) is 0 Å². The van der Waals surface area contributed by atoms with E-state index in [0.29, 0.717) is 11.7 Å². The number of rotatable bonds is 6. The van der Waals surface area contributed by atoms with Crippen LogP contribution in [0.15, 0.2) is 30.3 Å². The highest BCUT2D eigenvalue weighted by atomic mass is 16.5. The van der Waals surface area contributed by atoms with Crippen LogP contribution >= 0.6 is 0 Å². The summed E-state index contributed by atoms with van der Waals surface area (Å²) in [6.45, 7) is 1.83. The van der Waals surface area contributed by atoms with Crippen LogP contribution in [0.25, 0.3) is 0 Å². The summed E-state index contributed by atoms with van der Waals surface area (Å²) in [6.07, 6.45) is 2.13. The molecule has 98 valence electrons. The van der Waals surface area contributed by atoms with Crippen LogP contribution in [0, 0.1) is 5.92 Å². The summed E-state index contributed by atoms with van der Waals surface area (Å²) >= 11 is 0. The van der Waals surface area contributed by atoms with Crippen molar-refractivity contribution in [2.45, 2.75) is 25.3 Å². The zero-order chi connectivity index (χ0) is 13.0.